The maximum Gasteiger partial charge on any atom is 0.253 e. The van der Waals surface area contributed by atoms with Gasteiger partial charge in [0, 0.05) is 41.7 Å². The number of carbonyl (C=O) groups excluding carboxylic acids is 1. The number of carbonyl (C=O) groups is 1. The minimum Gasteiger partial charge on any atom is -0.481 e. The molecule has 7 heteroatoms. The van der Waals surface area contributed by atoms with E-state index in [4.69, 9.17) is 14.2 Å². The van der Waals surface area contributed by atoms with Crippen LogP contribution < -0.4 is 19.5 Å². The van der Waals surface area contributed by atoms with Crippen molar-refractivity contribution in [3.05, 3.63) is 90.3 Å². The summed E-state index contributed by atoms with van der Waals surface area (Å²) in [4.78, 5) is 21.9. The van der Waals surface area contributed by atoms with Crippen molar-refractivity contribution in [2.75, 3.05) is 13.9 Å². The lowest BCUT2D eigenvalue weighted by atomic mass is 9.99. The normalized spacial score (nSPS) is 11.8. The average Bonchev–Trinajstić information content (AvgIpc) is 3.35. The van der Waals surface area contributed by atoms with E-state index in [2.05, 4.69) is 15.3 Å². The molecule has 33 heavy (non-hydrogen) atoms. The SMILES string of the molecule is COc1ccc(-c2cc(C(=O)NCc3ccc4c(c3)OCO4)cnc2-c2ccccc2)cn1. The van der Waals surface area contributed by atoms with Gasteiger partial charge in [0.1, 0.15) is 0 Å². The van der Waals surface area contributed by atoms with Crippen LogP contribution in [0.2, 0.25) is 0 Å². The molecule has 1 aliphatic rings. The van der Waals surface area contributed by atoms with E-state index in [9.17, 15) is 4.79 Å². The summed E-state index contributed by atoms with van der Waals surface area (Å²) in [6, 6.07) is 21.0. The first kappa shape index (κ1) is 20.5. The summed E-state index contributed by atoms with van der Waals surface area (Å²) >= 11 is 0. The highest BCUT2D eigenvalue weighted by Crippen LogP contribution is 2.33. The molecule has 0 aliphatic carbocycles. The van der Waals surface area contributed by atoms with Gasteiger partial charge in [0.15, 0.2) is 11.5 Å². The number of pyridine rings is 2. The molecule has 2 aromatic heterocycles. The third kappa shape index (κ3) is 4.34. The number of fused-ring (bicyclic) bond motifs is 1. The minimum atomic E-state index is -0.220. The first-order valence-corrected chi connectivity index (χ1v) is 10.4. The second-order valence-electron chi connectivity index (χ2n) is 7.45. The van der Waals surface area contributed by atoms with Gasteiger partial charge in [-0.3, -0.25) is 9.78 Å². The standard InChI is InChI=1S/C26H21N3O4/c1-31-24-10-8-19(14-27-24)21-12-20(15-28-25(21)18-5-3-2-4-6-18)26(30)29-13-17-7-9-22-23(11-17)33-16-32-22/h2-12,14-15H,13,16H2,1H3,(H,29,30). The van der Waals surface area contributed by atoms with Crippen LogP contribution in [0, 0.1) is 0 Å². The molecular formula is C26H21N3O4. The molecule has 0 spiro atoms. The van der Waals surface area contributed by atoms with Gasteiger partial charge in [-0.2, -0.15) is 0 Å². The molecule has 0 atom stereocenters. The Morgan fingerprint density at radius 1 is 0.939 bits per heavy atom. The highest BCUT2D eigenvalue weighted by atomic mass is 16.7. The van der Waals surface area contributed by atoms with E-state index < -0.39 is 0 Å². The van der Waals surface area contributed by atoms with E-state index in [0.717, 1.165) is 27.9 Å². The first-order chi connectivity index (χ1) is 16.2. The molecule has 0 saturated carbocycles. The predicted molar refractivity (Wildman–Crippen MR) is 123 cm³/mol. The lowest BCUT2D eigenvalue weighted by molar-refractivity contribution is 0.0950. The van der Waals surface area contributed by atoms with Crippen LogP contribution in [0.5, 0.6) is 17.4 Å². The zero-order valence-corrected chi connectivity index (χ0v) is 17.9. The quantitative estimate of drug-likeness (QED) is 0.477. The van der Waals surface area contributed by atoms with E-state index >= 15 is 0 Å². The van der Waals surface area contributed by atoms with Crippen LogP contribution >= 0.6 is 0 Å². The van der Waals surface area contributed by atoms with Gasteiger partial charge < -0.3 is 19.5 Å². The largest absolute Gasteiger partial charge is 0.481 e. The number of nitrogens with zero attached hydrogens (tertiary/aromatic N) is 2. The molecule has 1 aliphatic heterocycles. The Bertz CT molecular complexity index is 1290. The van der Waals surface area contributed by atoms with E-state index in [1.54, 1.807) is 25.6 Å². The highest BCUT2D eigenvalue weighted by Gasteiger charge is 2.16. The Morgan fingerprint density at radius 3 is 2.58 bits per heavy atom. The fourth-order valence-electron chi connectivity index (χ4n) is 3.63. The molecule has 0 unspecified atom stereocenters. The molecule has 1 N–H and O–H groups in total. The van der Waals surface area contributed by atoms with Crippen molar-refractivity contribution in [3.8, 4) is 39.8 Å². The van der Waals surface area contributed by atoms with Crippen molar-refractivity contribution in [2.45, 2.75) is 6.54 Å². The molecule has 2 aromatic carbocycles. The van der Waals surface area contributed by atoms with Crippen LogP contribution in [0.25, 0.3) is 22.4 Å². The van der Waals surface area contributed by atoms with Crippen molar-refractivity contribution in [1.29, 1.82) is 0 Å². The lowest BCUT2D eigenvalue weighted by Gasteiger charge is -2.12. The molecule has 0 fully saturated rings. The number of methoxy groups -OCH3 is 1. The summed E-state index contributed by atoms with van der Waals surface area (Å²) < 4.78 is 15.9. The summed E-state index contributed by atoms with van der Waals surface area (Å²) in [5.41, 5.74) is 4.76. The number of aromatic nitrogens is 2. The van der Waals surface area contributed by atoms with Gasteiger partial charge >= 0.3 is 0 Å². The molecule has 0 bridgehead atoms. The zero-order valence-electron chi connectivity index (χ0n) is 17.9. The average molecular weight is 439 g/mol. The number of nitrogens with one attached hydrogen (secondary N) is 1. The lowest BCUT2D eigenvalue weighted by Crippen LogP contribution is -2.23. The van der Waals surface area contributed by atoms with E-state index in [1.165, 1.54) is 0 Å². The van der Waals surface area contributed by atoms with Gasteiger partial charge in [0.2, 0.25) is 12.7 Å². The van der Waals surface area contributed by atoms with Crippen molar-refractivity contribution < 1.29 is 19.0 Å². The van der Waals surface area contributed by atoms with Crippen LogP contribution in [-0.4, -0.2) is 29.8 Å². The Kier molecular flexibility index (Phi) is 5.59. The minimum absolute atomic E-state index is 0.216. The van der Waals surface area contributed by atoms with Gasteiger partial charge in [0.05, 0.1) is 18.4 Å². The van der Waals surface area contributed by atoms with Crippen LogP contribution in [0.3, 0.4) is 0 Å². The number of hydrogen-bond donors (Lipinski definition) is 1. The molecule has 0 radical (unpaired) electrons. The number of rotatable bonds is 6. The smallest absolute Gasteiger partial charge is 0.253 e. The first-order valence-electron chi connectivity index (χ1n) is 10.4. The van der Waals surface area contributed by atoms with E-state index in [1.807, 2.05) is 60.7 Å². The second-order valence-corrected chi connectivity index (χ2v) is 7.45. The molecule has 3 heterocycles. The highest BCUT2D eigenvalue weighted by molar-refractivity contribution is 5.96. The molecule has 5 rings (SSSR count). The zero-order chi connectivity index (χ0) is 22.6. The van der Waals surface area contributed by atoms with Crippen molar-refractivity contribution in [2.24, 2.45) is 0 Å². The molecule has 0 saturated heterocycles. The summed E-state index contributed by atoms with van der Waals surface area (Å²) in [7, 11) is 1.57. The number of amides is 1. The van der Waals surface area contributed by atoms with Crippen LogP contribution in [0.15, 0.2) is 79.1 Å². The third-order valence-corrected chi connectivity index (χ3v) is 5.34. The maximum atomic E-state index is 12.9. The Morgan fingerprint density at radius 2 is 1.79 bits per heavy atom. The van der Waals surface area contributed by atoms with Crippen molar-refractivity contribution in [3.63, 3.8) is 0 Å². The molecule has 1 amide bonds. The van der Waals surface area contributed by atoms with Crippen LogP contribution in [-0.2, 0) is 6.54 Å². The van der Waals surface area contributed by atoms with Crippen molar-refractivity contribution >= 4 is 5.91 Å². The molecule has 4 aromatic rings. The molecule has 7 nitrogen and oxygen atoms in total. The van der Waals surface area contributed by atoms with E-state index in [0.29, 0.717) is 29.5 Å². The fraction of sp³-hybridized carbons (Fsp3) is 0.115. The van der Waals surface area contributed by atoms with Crippen LogP contribution in [0.4, 0.5) is 0 Å². The topological polar surface area (TPSA) is 82.6 Å². The van der Waals surface area contributed by atoms with Gasteiger partial charge in [-0.25, -0.2) is 4.98 Å². The summed E-state index contributed by atoms with van der Waals surface area (Å²) in [5, 5.41) is 2.95. The molecular weight excluding hydrogens is 418 g/mol. The van der Waals surface area contributed by atoms with Crippen LogP contribution in [0.1, 0.15) is 15.9 Å². The number of hydrogen-bond acceptors (Lipinski definition) is 6. The monoisotopic (exact) mass is 439 g/mol. The second kappa shape index (κ2) is 9.00. The summed E-state index contributed by atoms with van der Waals surface area (Å²) in [6.45, 7) is 0.572. The Labute approximate surface area is 191 Å². The number of benzene rings is 2. The van der Waals surface area contributed by atoms with Gasteiger partial charge in [-0.05, 0) is 29.8 Å². The van der Waals surface area contributed by atoms with Gasteiger partial charge in [0.25, 0.3) is 5.91 Å². The summed E-state index contributed by atoms with van der Waals surface area (Å²) in [5.74, 6) is 1.70. The number of ether oxygens (including phenoxy) is 3. The van der Waals surface area contributed by atoms with Gasteiger partial charge in [-0.15, -0.1) is 0 Å². The predicted octanol–water partition coefficient (Wildman–Crippen LogP) is 4.48. The Hall–Kier alpha value is -4.39. The summed E-state index contributed by atoms with van der Waals surface area (Å²) in [6.07, 6.45) is 3.31. The Balaban J connectivity index is 1.43. The van der Waals surface area contributed by atoms with Crippen molar-refractivity contribution in [1.82, 2.24) is 15.3 Å². The maximum absolute atomic E-state index is 12.9. The molecule has 164 valence electrons. The fourth-order valence-corrected chi connectivity index (χ4v) is 3.63. The third-order valence-electron chi connectivity index (χ3n) is 5.34. The van der Waals surface area contributed by atoms with E-state index in [-0.39, 0.29) is 12.7 Å². The van der Waals surface area contributed by atoms with Gasteiger partial charge in [-0.1, -0.05) is 36.4 Å².